The summed E-state index contributed by atoms with van der Waals surface area (Å²) in [4.78, 5) is 187. The van der Waals surface area contributed by atoms with Crippen LogP contribution in [-0.2, 0) is 120 Å². The van der Waals surface area contributed by atoms with Crippen LogP contribution < -0.4 is 45.4 Å². The van der Waals surface area contributed by atoms with Crippen molar-refractivity contribution in [3.05, 3.63) is 151 Å². The number of benzene rings is 2. The Bertz CT molecular complexity index is 5910. The van der Waals surface area contributed by atoms with Crippen molar-refractivity contribution in [2.24, 2.45) is 16.0 Å². The summed E-state index contributed by atoms with van der Waals surface area (Å²) in [5.74, 6) is -3.57. The van der Waals surface area contributed by atoms with E-state index in [0.29, 0.717) is 16.8 Å². The molecule has 0 spiro atoms. The Morgan fingerprint density at radius 1 is 0.556 bits per heavy atom. The predicted octanol–water partition coefficient (Wildman–Crippen LogP) is 4.62. The molecule has 736 valence electrons. The topological polar surface area (TPSA) is 851 Å². The highest BCUT2D eigenvalue weighted by atomic mass is 31.2. The lowest BCUT2D eigenvalue weighted by Gasteiger charge is -2.26. The van der Waals surface area contributed by atoms with E-state index in [-0.39, 0.29) is 144 Å². The molecule has 18 atom stereocenters. The van der Waals surface area contributed by atoms with Gasteiger partial charge in [-0.15, -0.1) is 0 Å². The fourth-order valence-electron chi connectivity index (χ4n) is 13.7. The number of amides is 1. The standard InChI is InChI=1S/C38H50N12O18P2.C33H42N12O16P2.2CH4/c1-38(2,3)67-37(55)45-22(10-6-7-11-28(51)61-15-20-8-4-5-9-21(20)47-48-41)35(53)66-31-25(65-34(30(31)52)50-19-44-29-32(40)42-18-43-33(29)50)17-63-70(59,60)68-23-14-27(49-13-12-26(39)46-36(49)54)64-24(23)16-62-69(56,57)58;34-18(6-2-4-8-25(46)55-12-17-5-1-3-7-19(17)42-43-37)32(48)60-28-22(59-31(27(28)47)45-16-40-26-29(36)38-15-39-30(26)45)14-57-63(53,54)61-20-11-24(44-10-9-23(35)41-33(44)49)58-21(20)13-56-62(50,51)52;;/h4-5,8-9,12-13,18-19,22-25,27,30-31,34,52H,6-7,10-11,14-17H2,1-3H3,(H,45,55)(H,59,60)(H2,39,46,54)(H2,40,42,43)(H2,56,57,58);1,3,5,7,9-10,15-16,18,20-22,24,27-28,31,47H,2,4,6,8,11-14,34H2,(H,53,54)(H2,35,41,49)(H2,36,38,39)(H2,50,51,52);2*1H4/t22-,23-,24+,25+,27+,30+,31+,34+;18-,20-,21+,22+,24+,27+,28+,31+;;/m00../s1. The summed E-state index contributed by atoms with van der Waals surface area (Å²) in [6.45, 7) is 0.883. The van der Waals surface area contributed by atoms with Gasteiger partial charge in [-0.1, -0.05) is 86.5 Å². The first kappa shape index (κ1) is 107. The number of esters is 4. The van der Waals surface area contributed by atoms with Crippen LogP contribution >= 0.6 is 31.3 Å². The van der Waals surface area contributed by atoms with Gasteiger partial charge in [0.2, 0.25) is 0 Å². The normalized spacial score (nSPS) is 22.9. The molecular formula is C73H100N24O34P4. The van der Waals surface area contributed by atoms with Gasteiger partial charge in [0.15, 0.2) is 47.6 Å². The first-order valence-corrected chi connectivity index (χ1v) is 46.0. The van der Waals surface area contributed by atoms with E-state index in [1.807, 2.05) is 0 Å². The van der Waals surface area contributed by atoms with E-state index in [1.54, 1.807) is 69.3 Å². The zero-order valence-corrected chi connectivity index (χ0v) is 73.8. The van der Waals surface area contributed by atoms with Crippen LogP contribution in [0.1, 0.15) is 136 Å². The number of aliphatic hydroxyl groups is 2. The van der Waals surface area contributed by atoms with E-state index in [0.717, 1.165) is 21.8 Å². The number of nitrogens with zero attached hydrogens (tertiary/aromatic N) is 18. The number of fused-ring (bicyclic) bond motifs is 2. The molecule has 2 unspecified atom stereocenters. The second kappa shape index (κ2) is 47.3. The summed E-state index contributed by atoms with van der Waals surface area (Å²) in [7, 11) is -20.7. The lowest BCUT2D eigenvalue weighted by atomic mass is 10.1. The number of carbonyl (C=O) groups is 5. The third-order valence-electron chi connectivity index (χ3n) is 19.9. The van der Waals surface area contributed by atoms with Crippen molar-refractivity contribution in [2.45, 2.75) is 217 Å². The van der Waals surface area contributed by atoms with Gasteiger partial charge in [-0.05, 0) is 80.8 Å². The molecule has 8 aromatic rings. The number of anilines is 4. The summed E-state index contributed by atoms with van der Waals surface area (Å²) in [6, 6.07) is 12.9. The maximum absolute atomic E-state index is 14.1. The van der Waals surface area contributed by atoms with Crippen LogP contribution in [0.3, 0.4) is 0 Å². The molecule has 0 radical (unpaired) electrons. The molecule has 4 aliphatic heterocycles. The number of nitrogen functional groups attached to an aromatic ring is 4. The number of hydrogen-bond donors (Lipinski definition) is 14. The minimum atomic E-state index is -5.29. The number of azide groups is 2. The number of nitrogens with one attached hydrogen (secondary N) is 1. The lowest BCUT2D eigenvalue weighted by Crippen LogP contribution is -2.47. The molecule has 58 nitrogen and oxygen atoms in total. The number of carbonyl (C=O) groups excluding carboxylic acids is 5. The van der Waals surface area contributed by atoms with Crippen molar-refractivity contribution in [1.29, 1.82) is 0 Å². The molecule has 12 rings (SSSR count). The number of phosphoric acid groups is 4. The highest BCUT2D eigenvalue weighted by Gasteiger charge is 2.53. The maximum Gasteiger partial charge on any atom is 0.472 e. The fourth-order valence-corrected chi connectivity index (χ4v) is 16.3. The predicted molar refractivity (Wildman–Crippen MR) is 461 cm³/mol. The Hall–Kier alpha value is -11.6. The second-order valence-corrected chi connectivity index (χ2v) is 35.8. The van der Waals surface area contributed by atoms with Gasteiger partial charge >= 0.3 is 72.6 Å². The summed E-state index contributed by atoms with van der Waals surface area (Å²) in [6.07, 6.45) is -15.4. The Morgan fingerprint density at radius 3 is 1.37 bits per heavy atom. The summed E-state index contributed by atoms with van der Waals surface area (Å²) in [5.41, 5.74) is 46.0. The fraction of sp³-hybridized carbons (Fsp3) is 0.521. The molecule has 19 N–H and O–H groups in total. The van der Waals surface area contributed by atoms with E-state index in [2.05, 4.69) is 74.3 Å². The molecule has 0 saturated carbocycles. The van der Waals surface area contributed by atoms with Crippen molar-refractivity contribution >= 4 is 118 Å². The van der Waals surface area contributed by atoms with E-state index in [9.17, 15) is 91.4 Å². The molecule has 4 aliphatic rings. The molecule has 4 saturated heterocycles. The smallest absolute Gasteiger partial charge is 0.461 e. The van der Waals surface area contributed by atoms with E-state index in [1.165, 1.54) is 46.3 Å². The van der Waals surface area contributed by atoms with Crippen LogP contribution in [-0.4, -0.2) is 233 Å². The van der Waals surface area contributed by atoms with E-state index in [4.69, 9.17) is 100 Å². The Balaban J connectivity index is 0.000000300. The highest BCUT2D eigenvalue weighted by molar-refractivity contribution is 7.47. The number of alkyl carbamates (subject to hydrolysis) is 1. The van der Waals surface area contributed by atoms with Crippen LogP contribution in [0, 0.1) is 0 Å². The number of phosphoric ester groups is 4. The molecule has 0 aliphatic carbocycles. The average Bonchev–Trinajstić information content (AvgIpc) is 1.62. The quantitative estimate of drug-likeness (QED) is 0.00473. The number of ether oxygens (including phenoxy) is 9. The number of unbranched alkanes of at least 4 members (excludes halogenated alkanes) is 2. The van der Waals surface area contributed by atoms with Crippen molar-refractivity contribution < 1.29 is 152 Å². The van der Waals surface area contributed by atoms with Crippen LogP contribution in [0.25, 0.3) is 43.2 Å². The van der Waals surface area contributed by atoms with Gasteiger partial charge in [-0.25, -0.2) is 67.3 Å². The van der Waals surface area contributed by atoms with Crippen molar-refractivity contribution in [3.8, 4) is 0 Å². The van der Waals surface area contributed by atoms with Crippen LogP contribution in [0.4, 0.5) is 39.4 Å². The highest BCUT2D eigenvalue weighted by Crippen LogP contribution is 2.52. The monoisotopic (exact) mass is 1980 g/mol. The third kappa shape index (κ3) is 30.0. The van der Waals surface area contributed by atoms with Gasteiger partial charge in [0.1, 0.15) is 128 Å². The molecule has 2 aromatic carbocycles. The molecule has 6 aromatic heterocycles. The maximum atomic E-state index is 14.1. The van der Waals surface area contributed by atoms with Crippen molar-refractivity contribution in [1.82, 2.24) is 63.5 Å². The second-order valence-electron chi connectivity index (χ2n) is 30.5. The Kier molecular flexibility index (Phi) is 37.5. The number of aliphatic hydroxyl groups excluding tert-OH is 2. The third-order valence-corrected chi connectivity index (χ3v) is 22.9. The SMILES string of the molecule is C.C.CC(C)(C)OC(=O)N[C@@H](CCCCC(=O)OCc1ccccc1N=[N+]=[N-])C(=O)O[C@H]1[C@@H](O)[C@H](n2cnc3c(N)ncnc32)O[C@@H]1COP(=O)(O)O[C@H]1C[C@H](n2ccc(N)nc2=O)O[C@@H]1COP(=O)(O)O.[N-]=[N+]=Nc1ccccc1COC(=O)CCCC[C@H](N)C(=O)O[C@H]1[C@@H](O)[C@H](n2cnc3c(N)ncnc32)O[C@@H]1COP(=O)(O)O[C@H]1C[C@H](n2ccc(N)nc2=O)O[C@@H]1COP(=O)(O)O. The van der Waals surface area contributed by atoms with Gasteiger partial charge < -0.3 is 116 Å². The Morgan fingerprint density at radius 2 is 0.963 bits per heavy atom. The minimum absolute atomic E-state index is 0. The van der Waals surface area contributed by atoms with Gasteiger partial charge in [-0.2, -0.15) is 9.97 Å². The van der Waals surface area contributed by atoms with Gasteiger partial charge in [0.05, 0.1) is 39.1 Å². The molecule has 62 heteroatoms. The summed E-state index contributed by atoms with van der Waals surface area (Å²) >= 11 is 0. The number of imidazole rings is 2. The molecule has 1 amide bonds. The molecule has 135 heavy (non-hydrogen) atoms. The van der Waals surface area contributed by atoms with E-state index >= 15 is 0 Å². The van der Waals surface area contributed by atoms with E-state index < -0.39 is 203 Å². The summed E-state index contributed by atoms with van der Waals surface area (Å²) in [5, 5.41) is 32.9. The number of hydrogen-bond acceptors (Lipinski definition) is 43. The zero-order chi connectivity index (χ0) is 96.4. The largest absolute Gasteiger partial charge is 0.472 e. The van der Waals surface area contributed by atoms with Crippen LogP contribution in [0.5, 0.6) is 0 Å². The molecule has 4 fully saturated rings. The number of aromatic nitrogens is 12. The average molecular weight is 1980 g/mol. The molecular weight excluding hydrogens is 1880 g/mol. The van der Waals surface area contributed by atoms with Gasteiger partial charge in [0.25, 0.3) is 0 Å². The lowest BCUT2D eigenvalue weighted by molar-refractivity contribution is -0.159. The number of nitrogens with two attached hydrogens (primary N) is 5. The number of rotatable bonds is 41. The first-order valence-electron chi connectivity index (χ1n) is 39.9. The Labute approximate surface area is 763 Å². The van der Waals surface area contributed by atoms with Crippen molar-refractivity contribution in [2.75, 3.05) is 49.4 Å². The van der Waals surface area contributed by atoms with Gasteiger partial charge in [0, 0.05) is 59.3 Å². The zero-order valence-electron chi connectivity index (χ0n) is 70.2. The minimum Gasteiger partial charge on any atom is -0.461 e. The van der Waals surface area contributed by atoms with Gasteiger partial charge in [-0.3, -0.25) is 59.8 Å². The molecule has 0 bridgehead atoms. The summed E-state index contributed by atoms with van der Waals surface area (Å²) < 4.78 is 136. The van der Waals surface area contributed by atoms with Crippen molar-refractivity contribution in [3.63, 3.8) is 0 Å². The molecule has 10 heterocycles. The van der Waals surface area contributed by atoms with Crippen LogP contribution in [0.2, 0.25) is 0 Å². The first-order chi connectivity index (χ1) is 62.9. The van der Waals surface area contributed by atoms with Crippen LogP contribution in [0.15, 0.2) is 118 Å².